The Kier molecular flexibility index (Phi) is 6.30. The van der Waals surface area contributed by atoms with Crippen LogP contribution in [0.15, 0.2) is 34.7 Å². The van der Waals surface area contributed by atoms with Crippen LogP contribution in [0, 0.1) is 5.92 Å². The van der Waals surface area contributed by atoms with Crippen molar-refractivity contribution in [1.29, 1.82) is 0 Å². The second-order valence-electron chi connectivity index (χ2n) is 9.12. The fourth-order valence-electron chi connectivity index (χ4n) is 4.56. The van der Waals surface area contributed by atoms with Crippen molar-refractivity contribution < 1.29 is 23.6 Å². The fraction of sp³-hybridized carbons (Fsp3) is 0.500. The molecule has 170 valence electrons. The number of benzene rings is 1. The number of rotatable bonds is 6. The second kappa shape index (κ2) is 9.14. The van der Waals surface area contributed by atoms with Gasteiger partial charge in [0.25, 0.3) is 5.91 Å². The van der Waals surface area contributed by atoms with Gasteiger partial charge in [-0.25, -0.2) is 0 Å². The van der Waals surface area contributed by atoms with Crippen molar-refractivity contribution in [3.05, 3.63) is 36.1 Å². The summed E-state index contributed by atoms with van der Waals surface area (Å²) in [4.78, 5) is 52.2. The van der Waals surface area contributed by atoms with Crippen molar-refractivity contribution in [2.24, 2.45) is 5.92 Å². The fourth-order valence-corrected chi connectivity index (χ4v) is 4.56. The maximum atomic E-state index is 13.1. The number of ketones is 1. The smallest absolute Gasteiger partial charge is 0.287 e. The van der Waals surface area contributed by atoms with Crippen LogP contribution in [-0.2, 0) is 14.4 Å². The van der Waals surface area contributed by atoms with Crippen molar-refractivity contribution in [3.63, 3.8) is 0 Å². The highest BCUT2D eigenvalue weighted by atomic mass is 16.3. The molecule has 1 aromatic heterocycles. The van der Waals surface area contributed by atoms with Gasteiger partial charge in [-0.3, -0.25) is 19.2 Å². The first-order chi connectivity index (χ1) is 15.3. The molecule has 0 saturated carbocycles. The molecule has 2 aliphatic rings. The highest BCUT2D eigenvalue weighted by Crippen LogP contribution is 2.26. The van der Waals surface area contributed by atoms with Crippen LogP contribution in [0.4, 0.5) is 0 Å². The van der Waals surface area contributed by atoms with Crippen LogP contribution < -0.4 is 10.6 Å². The maximum Gasteiger partial charge on any atom is 0.287 e. The van der Waals surface area contributed by atoms with E-state index in [1.165, 1.54) is 0 Å². The summed E-state index contributed by atoms with van der Waals surface area (Å²) in [6.45, 7) is 3.96. The highest BCUT2D eigenvalue weighted by Gasteiger charge is 2.38. The Balaban J connectivity index is 1.44. The highest BCUT2D eigenvalue weighted by molar-refractivity contribution is 6.00. The number of fused-ring (bicyclic) bond motifs is 2. The van der Waals surface area contributed by atoms with Gasteiger partial charge in [-0.15, -0.1) is 0 Å². The quantitative estimate of drug-likeness (QED) is 0.719. The molecule has 2 aromatic rings. The first-order valence-corrected chi connectivity index (χ1v) is 11.2. The molecule has 0 radical (unpaired) electrons. The zero-order chi connectivity index (χ0) is 22.8. The normalized spacial score (nSPS) is 22.0. The Morgan fingerprint density at radius 3 is 2.69 bits per heavy atom. The van der Waals surface area contributed by atoms with E-state index in [0.717, 1.165) is 11.8 Å². The minimum Gasteiger partial charge on any atom is -0.451 e. The van der Waals surface area contributed by atoms with E-state index in [-0.39, 0.29) is 36.0 Å². The lowest BCUT2D eigenvalue weighted by Crippen LogP contribution is -2.52. The van der Waals surface area contributed by atoms with Gasteiger partial charge in [0.2, 0.25) is 11.8 Å². The third-order valence-corrected chi connectivity index (χ3v) is 6.25. The van der Waals surface area contributed by atoms with Crippen molar-refractivity contribution >= 4 is 34.5 Å². The molecule has 32 heavy (non-hydrogen) atoms. The van der Waals surface area contributed by atoms with E-state index >= 15 is 0 Å². The number of carbonyl (C=O) groups is 4. The maximum absolute atomic E-state index is 13.1. The molecule has 1 aromatic carbocycles. The van der Waals surface area contributed by atoms with Gasteiger partial charge in [-0.2, -0.15) is 0 Å². The van der Waals surface area contributed by atoms with Crippen LogP contribution in [0.1, 0.15) is 56.5 Å². The van der Waals surface area contributed by atoms with E-state index in [1.807, 2.05) is 32.0 Å². The predicted octanol–water partition coefficient (Wildman–Crippen LogP) is 2.42. The van der Waals surface area contributed by atoms with Gasteiger partial charge in [0.1, 0.15) is 11.6 Å². The summed E-state index contributed by atoms with van der Waals surface area (Å²) >= 11 is 0. The largest absolute Gasteiger partial charge is 0.451 e. The number of furan rings is 1. The molecule has 3 atom stereocenters. The lowest BCUT2D eigenvalue weighted by atomic mass is 10.0. The predicted molar refractivity (Wildman–Crippen MR) is 118 cm³/mol. The molecular weight excluding hydrogens is 410 g/mol. The average molecular weight is 440 g/mol. The third-order valence-electron chi connectivity index (χ3n) is 6.25. The molecule has 8 nitrogen and oxygen atoms in total. The Bertz CT molecular complexity index is 1010. The minimum absolute atomic E-state index is 0.00566. The number of hydrogen-bond acceptors (Lipinski definition) is 5. The first kappa shape index (κ1) is 22.0. The standard InChI is InChI=1S/C24H29N3O5/c1-14(2)11-18(26-24(31)21-12-15-5-3-4-6-20(15)32-21)23(30)25-17-9-7-16-8-10-22(29)27(16)13-19(17)28/h3-6,12,14,16-18H,7-11,13H2,1-2H3,(H,25,30)(H,26,31)/t16-,17-,18-/m0/s1. The van der Waals surface area contributed by atoms with Crippen molar-refractivity contribution in [1.82, 2.24) is 15.5 Å². The summed E-state index contributed by atoms with van der Waals surface area (Å²) in [5, 5.41) is 6.41. The van der Waals surface area contributed by atoms with Crippen molar-refractivity contribution in [2.75, 3.05) is 6.54 Å². The van der Waals surface area contributed by atoms with Crippen LogP contribution in [0.2, 0.25) is 0 Å². The molecule has 8 heteroatoms. The number of amides is 3. The zero-order valence-electron chi connectivity index (χ0n) is 18.4. The van der Waals surface area contributed by atoms with E-state index in [2.05, 4.69) is 10.6 Å². The Labute approximate surface area is 186 Å². The average Bonchev–Trinajstić information content (AvgIpc) is 3.29. The Hall–Kier alpha value is -3.16. The lowest BCUT2D eigenvalue weighted by Gasteiger charge is -2.23. The SMILES string of the molecule is CC(C)C[C@H](NC(=O)c1cc2ccccc2o1)C(=O)N[C@H]1CC[C@H]2CCC(=O)N2CC1=O. The number of nitrogens with one attached hydrogen (secondary N) is 2. The molecule has 2 aliphatic heterocycles. The Morgan fingerprint density at radius 2 is 1.94 bits per heavy atom. The second-order valence-corrected chi connectivity index (χ2v) is 9.12. The van der Waals surface area contributed by atoms with Crippen LogP contribution in [0.3, 0.4) is 0 Å². The van der Waals surface area contributed by atoms with Gasteiger partial charge in [-0.1, -0.05) is 32.0 Å². The third kappa shape index (κ3) is 4.69. The van der Waals surface area contributed by atoms with Gasteiger partial charge >= 0.3 is 0 Å². The van der Waals surface area contributed by atoms with Crippen LogP contribution in [-0.4, -0.2) is 53.1 Å². The lowest BCUT2D eigenvalue weighted by molar-refractivity contribution is -0.134. The van der Waals surface area contributed by atoms with Crippen molar-refractivity contribution in [3.8, 4) is 0 Å². The summed E-state index contributed by atoms with van der Waals surface area (Å²) in [6, 6.07) is 7.58. The van der Waals surface area contributed by atoms with Crippen LogP contribution in [0.25, 0.3) is 11.0 Å². The van der Waals surface area contributed by atoms with Crippen LogP contribution in [0.5, 0.6) is 0 Å². The summed E-state index contributed by atoms with van der Waals surface area (Å²) < 4.78 is 5.62. The Morgan fingerprint density at radius 1 is 1.16 bits per heavy atom. The van der Waals surface area contributed by atoms with E-state index in [1.54, 1.807) is 17.0 Å². The molecule has 2 N–H and O–H groups in total. The molecule has 0 unspecified atom stereocenters. The number of hydrogen-bond donors (Lipinski definition) is 2. The summed E-state index contributed by atoms with van der Waals surface area (Å²) in [5.74, 6) is -0.739. The number of nitrogens with zero attached hydrogens (tertiary/aromatic N) is 1. The minimum atomic E-state index is -0.798. The summed E-state index contributed by atoms with van der Waals surface area (Å²) in [5.41, 5.74) is 0.599. The molecule has 2 fully saturated rings. The van der Waals surface area contributed by atoms with Gasteiger partial charge in [0.05, 0.1) is 12.6 Å². The van der Waals surface area contributed by atoms with E-state index < -0.39 is 23.9 Å². The number of para-hydroxylation sites is 1. The zero-order valence-corrected chi connectivity index (χ0v) is 18.4. The van der Waals surface area contributed by atoms with E-state index in [0.29, 0.717) is 31.3 Å². The molecule has 3 heterocycles. The van der Waals surface area contributed by atoms with E-state index in [9.17, 15) is 19.2 Å². The first-order valence-electron chi connectivity index (χ1n) is 11.2. The molecule has 0 bridgehead atoms. The van der Waals surface area contributed by atoms with E-state index in [4.69, 9.17) is 4.42 Å². The molecule has 0 spiro atoms. The van der Waals surface area contributed by atoms with Crippen LogP contribution >= 0.6 is 0 Å². The topological polar surface area (TPSA) is 109 Å². The van der Waals surface area contributed by atoms with Crippen molar-refractivity contribution in [2.45, 2.75) is 64.1 Å². The molecule has 3 amide bonds. The molecule has 2 saturated heterocycles. The molecular formula is C24H29N3O5. The number of carbonyl (C=O) groups excluding carboxylic acids is 4. The monoisotopic (exact) mass is 439 g/mol. The van der Waals surface area contributed by atoms with Gasteiger partial charge < -0.3 is 20.0 Å². The van der Waals surface area contributed by atoms with Gasteiger partial charge in [-0.05, 0) is 43.7 Å². The van der Waals surface area contributed by atoms with Gasteiger partial charge in [0.15, 0.2) is 11.5 Å². The molecule has 4 rings (SSSR count). The number of Topliss-reactive ketones (excluding diaryl/α,β-unsaturated/α-hetero) is 1. The summed E-state index contributed by atoms with van der Waals surface area (Å²) in [7, 11) is 0. The molecule has 0 aliphatic carbocycles. The summed E-state index contributed by atoms with van der Waals surface area (Å²) in [6.07, 6.45) is 2.84. The van der Waals surface area contributed by atoms with Gasteiger partial charge in [0, 0.05) is 17.8 Å².